The van der Waals surface area contributed by atoms with Crippen LogP contribution < -0.4 is 5.32 Å². The highest BCUT2D eigenvalue weighted by molar-refractivity contribution is 6.35. The third kappa shape index (κ3) is 2.67. The fourth-order valence-electron chi connectivity index (χ4n) is 3.36. The first-order chi connectivity index (χ1) is 12.0. The van der Waals surface area contributed by atoms with Crippen molar-refractivity contribution in [2.24, 2.45) is 0 Å². The molecule has 3 aromatic rings. The van der Waals surface area contributed by atoms with Crippen molar-refractivity contribution in [1.82, 2.24) is 4.57 Å². The Hall–Kier alpha value is -2.78. The molecule has 0 saturated heterocycles. The molecule has 0 saturated carbocycles. The van der Waals surface area contributed by atoms with E-state index < -0.39 is 0 Å². The Labute approximate surface area is 151 Å². The van der Waals surface area contributed by atoms with Gasteiger partial charge in [-0.05, 0) is 61.9 Å². The third-order valence-corrected chi connectivity index (χ3v) is 4.82. The van der Waals surface area contributed by atoms with Crippen LogP contribution in [0.1, 0.15) is 22.5 Å². The molecule has 1 aromatic heterocycles. The summed E-state index contributed by atoms with van der Waals surface area (Å²) >= 11 is 6.00. The molecule has 0 bridgehead atoms. The van der Waals surface area contributed by atoms with Crippen LogP contribution in [0, 0.1) is 13.8 Å². The Balaban J connectivity index is 1.82. The number of halogens is 1. The van der Waals surface area contributed by atoms with E-state index in [4.69, 9.17) is 11.6 Å². The van der Waals surface area contributed by atoms with Crippen LogP contribution in [0.15, 0.2) is 54.6 Å². The molecule has 25 heavy (non-hydrogen) atoms. The second-order valence-corrected chi connectivity index (χ2v) is 6.63. The van der Waals surface area contributed by atoms with Gasteiger partial charge in [-0.2, -0.15) is 0 Å². The molecule has 2 heterocycles. The van der Waals surface area contributed by atoms with E-state index in [0.717, 1.165) is 33.9 Å². The van der Waals surface area contributed by atoms with Crippen LogP contribution in [0.3, 0.4) is 0 Å². The van der Waals surface area contributed by atoms with Crippen molar-refractivity contribution in [3.8, 4) is 5.69 Å². The second-order valence-electron chi connectivity index (χ2n) is 6.20. The number of fused-ring (bicyclic) bond motifs is 1. The summed E-state index contributed by atoms with van der Waals surface area (Å²) in [6.45, 7) is 4.12. The number of rotatable bonds is 2. The molecule has 1 aliphatic heterocycles. The maximum Gasteiger partial charge on any atom is 0.256 e. The Morgan fingerprint density at radius 3 is 2.52 bits per heavy atom. The van der Waals surface area contributed by atoms with E-state index >= 15 is 0 Å². The van der Waals surface area contributed by atoms with Gasteiger partial charge < -0.3 is 9.88 Å². The third-order valence-electron chi connectivity index (χ3n) is 4.57. The normalized spacial score (nSPS) is 14.7. The number of nitrogens with one attached hydrogen (secondary N) is 1. The average molecular weight is 349 g/mol. The number of para-hydroxylation sites is 1. The van der Waals surface area contributed by atoms with Gasteiger partial charge in [-0.25, -0.2) is 0 Å². The predicted octanol–water partition coefficient (Wildman–Crippen LogP) is 5.24. The largest absolute Gasteiger partial charge is 0.321 e. The summed E-state index contributed by atoms with van der Waals surface area (Å²) in [5.74, 6) is -0.0579. The first-order valence-electron chi connectivity index (χ1n) is 8.12. The number of anilines is 1. The van der Waals surface area contributed by atoms with Crippen molar-refractivity contribution < 1.29 is 4.79 Å². The lowest BCUT2D eigenvalue weighted by atomic mass is 10.0. The number of aryl methyl sites for hydroxylation is 1. The zero-order valence-corrected chi connectivity index (χ0v) is 14.8. The number of nitrogens with zero attached hydrogens (tertiary/aromatic N) is 1. The van der Waals surface area contributed by atoms with Crippen molar-refractivity contribution in [3.05, 3.63) is 82.1 Å². The van der Waals surface area contributed by atoms with Crippen molar-refractivity contribution in [2.45, 2.75) is 13.8 Å². The van der Waals surface area contributed by atoms with Gasteiger partial charge in [0.1, 0.15) is 0 Å². The summed E-state index contributed by atoms with van der Waals surface area (Å²) in [6, 6.07) is 17.6. The molecule has 1 N–H and O–H groups in total. The van der Waals surface area contributed by atoms with Crippen molar-refractivity contribution in [3.63, 3.8) is 0 Å². The molecular formula is C21H17ClN2O. The maximum absolute atomic E-state index is 12.3. The Morgan fingerprint density at radius 2 is 1.76 bits per heavy atom. The number of hydrogen-bond donors (Lipinski definition) is 1. The summed E-state index contributed by atoms with van der Waals surface area (Å²) < 4.78 is 2.17. The van der Waals surface area contributed by atoms with Crippen molar-refractivity contribution in [2.75, 3.05) is 5.32 Å². The Kier molecular flexibility index (Phi) is 3.74. The molecule has 1 amide bonds. The minimum absolute atomic E-state index is 0.0579. The van der Waals surface area contributed by atoms with E-state index in [-0.39, 0.29) is 5.91 Å². The van der Waals surface area contributed by atoms with Gasteiger partial charge in [0.2, 0.25) is 0 Å². The van der Waals surface area contributed by atoms with Crippen LogP contribution in [0.2, 0.25) is 5.02 Å². The molecule has 4 heteroatoms. The van der Waals surface area contributed by atoms with Gasteiger partial charge in [0, 0.05) is 38.9 Å². The monoisotopic (exact) mass is 348 g/mol. The van der Waals surface area contributed by atoms with E-state index in [9.17, 15) is 4.79 Å². The van der Waals surface area contributed by atoms with Gasteiger partial charge in [0.05, 0.1) is 0 Å². The zero-order chi connectivity index (χ0) is 17.6. The first-order valence-corrected chi connectivity index (χ1v) is 8.50. The van der Waals surface area contributed by atoms with E-state index in [1.807, 2.05) is 54.6 Å². The first kappa shape index (κ1) is 15.7. The van der Waals surface area contributed by atoms with Crippen LogP contribution in [0.25, 0.3) is 17.3 Å². The maximum atomic E-state index is 12.3. The zero-order valence-electron chi connectivity index (χ0n) is 14.0. The minimum atomic E-state index is -0.0579. The van der Waals surface area contributed by atoms with Gasteiger partial charge in [-0.15, -0.1) is 0 Å². The highest BCUT2D eigenvalue weighted by atomic mass is 35.5. The smallest absolute Gasteiger partial charge is 0.256 e. The minimum Gasteiger partial charge on any atom is -0.321 e. The topological polar surface area (TPSA) is 34.0 Å². The van der Waals surface area contributed by atoms with Crippen LogP contribution >= 0.6 is 11.6 Å². The van der Waals surface area contributed by atoms with Crippen LogP contribution in [-0.4, -0.2) is 10.5 Å². The standard InChI is InChI=1S/C21H17ClN2O/c1-13-11-15(14(2)24(13)17-9-7-16(22)8-10-17)12-19-18-5-3-4-6-20(18)23-21(19)25/h3-12H,1-2H3,(H,23,25). The molecule has 2 aromatic carbocycles. The second kappa shape index (κ2) is 5.94. The quantitative estimate of drug-likeness (QED) is 0.631. The Bertz CT molecular complexity index is 1010. The van der Waals surface area contributed by atoms with E-state index in [1.54, 1.807) is 0 Å². The summed E-state index contributed by atoms with van der Waals surface area (Å²) in [6.07, 6.45) is 1.97. The molecular weight excluding hydrogens is 332 g/mol. The molecule has 0 atom stereocenters. The van der Waals surface area contributed by atoms with Gasteiger partial charge in [0.15, 0.2) is 0 Å². The van der Waals surface area contributed by atoms with Gasteiger partial charge in [-0.1, -0.05) is 29.8 Å². The fourth-order valence-corrected chi connectivity index (χ4v) is 3.48. The highest BCUT2D eigenvalue weighted by Crippen LogP contribution is 2.34. The SMILES string of the molecule is Cc1cc(C=C2C(=O)Nc3ccccc32)c(C)n1-c1ccc(Cl)cc1. The molecule has 1 aliphatic rings. The lowest BCUT2D eigenvalue weighted by Crippen LogP contribution is -2.03. The van der Waals surface area contributed by atoms with Gasteiger partial charge in [0.25, 0.3) is 5.91 Å². The number of hydrogen-bond acceptors (Lipinski definition) is 1. The lowest BCUT2D eigenvalue weighted by molar-refractivity contribution is -0.110. The fraction of sp³-hybridized carbons (Fsp3) is 0.0952. The van der Waals surface area contributed by atoms with Gasteiger partial charge >= 0.3 is 0 Å². The summed E-state index contributed by atoms with van der Waals surface area (Å²) in [7, 11) is 0. The molecule has 124 valence electrons. The van der Waals surface area contributed by atoms with Crippen molar-refractivity contribution >= 4 is 34.8 Å². The van der Waals surface area contributed by atoms with Crippen LogP contribution in [0.5, 0.6) is 0 Å². The number of carbonyl (C=O) groups excluding carboxylic acids is 1. The number of carbonyl (C=O) groups is 1. The number of aromatic nitrogens is 1. The molecule has 0 aliphatic carbocycles. The highest BCUT2D eigenvalue weighted by Gasteiger charge is 2.24. The summed E-state index contributed by atoms with van der Waals surface area (Å²) in [5.41, 5.74) is 6.80. The van der Waals surface area contributed by atoms with E-state index in [1.165, 1.54) is 0 Å². The average Bonchev–Trinajstić information content (AvgIpc) is 3.06. The molecule has 3 nitrogen and oxygen atoms in total. The van der Waals surface area contributed by atoms with E-state index in [0.29, 0.717) is 10.6 Å². The summed E-state index contributed by atoms with van der Waals surface area (Å²) in [5, 5.41) is 3.63. The van der Waals surface area contributed by atoms with E-state index in [2.05, 4.69) is 29.8 Å². The van der Waals surface area contributed by atoms with Gasteiger partial charge in [-0.3, -0.25) is 4.79 Å². The number of amides is 1. The van der Waals surface area contributed by atoms with Crippen LogP contribution in [0.4, 0.5) is 5.69 Å². The molecule has 0 fully saturated rings. The molecule has 0 radical (unpaired) electrons. The molecule has 0 spiro atoms. The molecule has 4 rings (SSSR count). The Morgan fingerprint density at radius 1 is 1.04 bits per heavy atom. The van der Waals surface area contributed by atoms with Crippen LogP contribution in [-0.2, 0) is 4.79 Å². The van der Waals surface area contributed by atoms with Crippen molar-refractivity contribution in [1.29, 1.82) is 0 Å². The lowest BCUT2D eigenvalue weighted by Gasteiger charge is -2.09. The summed E-state index contributed by atoms with van der Waals surface area (Å²) in [4.78, 5) is 12.3. The predicted molar refractivity (Wildman–Crippen MR) is 103 cm³/mol. The number of benzene rings is 2. The molecule has 0 unspecified atom stereocenters.